The summed E-state index contributed by atoms with van der Waals surface area (Å²) in [5, 5.41) is 0.964. The molecule has 1 aromatic carbocycles. The van der Waals surface area contributed by atoms with Gasteiger partial charge >= 0.3 is 0 Å². The minimum absolute atomic E-state index is 0.0486. The van der Waals surface area contributed by atoms with Gasteiger partial charge in [-0.15, -0.1) is 0 Å². The average molecular weight is 239 g/mol. The highest BCUT2D eigenvalue weighted by Gasteiger charge is 2.16. The zero-order chi connectivity index (χ0) is 10.8. The van der Waals surface area contributed by atoms with E-state index in [0.717, 1.165) is 5.57 Å². The summed E-state index contributed by atoms with van der Waals surface area (Å²) in [6.07, 6.45) is 6.28. The van der Waals surface area contributed by atoms with Gasteiger partial charge in [0.1, 0.15) is 0 Å². The van der Waals surface area contributed by atoms with E-state index in [1.54, 1.807) is 24.3 Å². The van der Waals surface area contributed by atoms with Crippen molar-refractivity contribution in [1.29, 1.82) is 0 Å². The summed E-state index contributed by atoms with van der Waals surface area (Å²) in [6.45, 7) is 0. The lowest BCUT2D eigenvalue weighted by atomic mass is 10.0. The van der Waals surface area contributed by atoms with Crippen LogP contribution in [0.25, 0.3) is 0 Å². The van der Waals surface area contributed by atoms with Gasteiger partial charge in [0.05, 0.1) is 5.02 Å². The summed E-state index contributed by atoms with van der Waals surface area (Å²) >= 11 is 11.8. The van der Waals surface area contributed by atoms with Crippen LogP contribution in [-0.2, 0) is 0 Å². The van der Waals surface area contributed by atoms with Gasteiger partial charge in [-0.3, -0.25) is 4.79 Å². The van der Waals surface area contributed by atoms with Gasteiger partial charge < -0.3 is 0 Å². The Kier molecular flexibility index (Phi) is 2.94. The van der Waals surface area contributed by atoms with Crippen molar-refractivity contribution in [3.8, 4) is 0 Å². The Labute approximate surface area is 98.0 Å². The van der Waals surface area contributed by atoms with E-state index in [4.69, 9.17) is 23.2 Å². The van der Waals surface area contributed by atoms with E-state index in [2.05, 4.69) is 0 Å². The SMILES string of the molecule is O=C(C1=CC=CC1)c1cc(Cl)ccc1Cl. The molecule has 0 radical (unpaired) electrons. The van der Waals surface area contributed by atoms with Gasteiger partial charge in [-0.25, -0.2) is 0 Å². The van der Waals surface area contributed by atoms with Gasteiger partial charge in [0.15, 0.2) is 5.78 Å². The molecule has 0 aromatic heterocycles. The molecule has 0 atom stereocenters. The van der Waals surface area contributed by atoms with Crippen LogP contribution in [0.2, 0.25) is 10.0 Å². The molecule has 0 saturated carbocycles. The van der Waals surface area contributed by atoms with E-state index >= 15 is 0 Å². The van der Waals surface area contributed by atoms with Crippen molar-refractivity contribution in [3.63, 3.8) is 0 Å². The number of halogens is 2. The minimum Gasteiger partial charge on any atom is -0.289 e. The quantitative estimate of drug-likeness (QED) is 0.711. The molecule has 0 fully saturated rings. The molecule has 3 heteroatoms. The number of Topliss-reactive ketones (excluding diaryl/α,β-unsaturated/α-hetero) is 1. The molecule has 0 N–H and O–H groups in total. The van der Waals surface area contributed by atoms with E-state index in [0.29, 0.717) is 22.0 Å². The molecule has 1 aromatic rings. The van der Waals surface area contributed by atoms with Gasteiger partial charge in [0.2, 0.25) is 0 Å². The van der Waals surface area contributed by atoms with Crippen molar-refractivity contribution in [2.75, 3.05) is 0 Å². The molecule has 0 amide bonds. The Balaban J connectivity index is 2.37. The van der Waals surface area contributed by atoms with Gasteiger partial charge in [-0.05, 0) is 24.6 Å². The Bertz CT molecular complexity index is 473. The molecular formula is C12H8Cl2O. The highest BCUT2D eigenvalue weighted by atomic mass is 35.5. The molecule has 76 valence electrons. The molecule has 1 aliphatic rings. The van der Waals surface area contributed by atoms with Crippen molar-refractivity contribution in [2.24, 2.45) is 0 Å². The number of allylic oxidation sites excluding steroid dienone is 4. The number of ketones is 1. The van der Waals surface area contributed by atoms with Crippen molar-refractivity contribution in [1.82, 2.24) is 0 Å². The van der Waals surface area contributed by atoms with Crippen molar-refractivity contribution in [3.05, 3.63) is 57.6 Å². The summed E-state index contributed by atoms with van der Waals surface area (Å²) in [7, 11) is 0. The first-order chi connectivity index (χ1) is 7.18. The van der Waals surface area contributed by atoms with E-state index in [1.165, 1.54) is 0 Å². The van der Waals surface area contributed by atoms with Crippen molar-refractivity contribution in [2.45, 2.75) is 6.42 Å². The molecule has 1 nitrogen and oxygen atoms in total. The van der Waals surface area contributed by atoms with Crippen LogP contribution in [0.3, 0.4) is 0 Å². The largest absolute Gasteiger partial charge is 0.289 e. The molecule has 1 aliphatic carbocycles. The normalized spacial score (nSPS) is 14.1. The predicted molar refractivity (Wildman–Crippen MR) is 62.6 cm³/mol. The van der Waals surface area contributed by atoms with Crippen molar-refractivity contribution >= 4 is 29.0 Å². The standard InChI is InChI=1S/C12H8Cl2O/c13-9-5-6-11(14)10(7-9)12(15)8-3-1-2-4-8/h1-3,5-7H,4H2. The summed E-state index contributed by atoms with van der Waals surface area (Å²) < 4.78 is 0. The lowest BCUT2D eigenvalue weighted by Gasteiger charge is -2.04. The smallest absolute Gasteiger partial charge is 0.190 e. The highest BCUT2D eigenvalue weighted by molar-refractivity contribution is 6.36. The molecule has 0 bridgehead atoms. The summed E-state index contributed by atoms with van der Waals surface area (Å²) in [6, 6.07) is 4.91. The van der Waals surface area contributed by atoms with Gasteiger partial charge in [0, 0.05) is 16.2 Å². The second kappa shape index (κ2) is 4.21. The molecule has 15 heavy (non-hydrogen) atoms. The molecule has 0 spiro atoms. The van der Waals surface area contributed by atoms with Gasteiger partial charge in [-0.1, -0.05) is 41.4 Å². The Morgan fingerprint density at radius 3 is 2.73 bits per heavy atom. The first-order valence-electron chi connectivity index (χ1n) is 4.54. The summed E-state index contributed by atoms with van der Waals surface area (Å²) in [5.41, 5.74) is 1.22. The van der Waals surface area contributed by atoms with Gasteiger partial charge in [-0.2, -0.15) is 0 Å². The second-order valence-corrected chi connectivity index (χ2v) is 4.12. The van der Waals surface area contributed by atoms with Crippen LogP contribution in [0.15, 0.2) is 42.0 Å². The van der Waals surface area contributed by atoms with E-state index in [-0.39, 0.29) is 5.78 Å². The third-order valence-electron chi connectivity index (χ3n) is 2.24. The lowest BCUT2D eigenvalue weighted by Crippen LogP contribution is -2.02. The van der Waals surface area contributed by atoms with E-state index in [1.807, 2.05) is 12.2 Å². The average Bonchev–Trinajstić information content (AvgIpc) is 2.74. The maximum Gasteiger partial charge on any atom is 0.190 e. The first-order valence-corrected chi connectivity index (χ1v) is 5.29. The third-order valence-corrected chi connectivity index (χ3v) is 2.80. The lowest BCUT2D eigenvalue weighted by molar-refractivity contribution is 0.103. The second-order valence-electron chi connectivity index (χ2n) is 3.28. The topological polar surface area (TPSA) is 17.1 Å². The van der Waals surface area contributed by atoms with Crippen LogP contribution in [0.4, 0.5) is 0 Å². The Morgan fingerprint density at radius 2 is 2.07 bits per heavy atom. The van der Waals surface area contributed by atoms with Crippen LogP contribution < -0.4 is 0 Å². The number of carbonyl (C=O) groups excluding carboxylic acids is 1. The summed E-state index contributed by atoms with van der Waals surface area (Å²) in [4.78, 5) is 12.0. The zero-order valence-electron chi connectivity index (χ0n) is 7.84. The maximum atomic E-state index is 12.0. The van der Waals surface area contributed by atoms with Gasteiger partial charge in [0.25, 0.3) is 0 Å². The van der Waals surface area contributed by atoms with Crippen LogP contribution in [0.5, 0.6) is 0 Å². The highest BCUT2D eigenvalue weighted by Crippen LogP contribution is 2.25. The number of benzene rings is 1. The number of rotatable bonds is 2. The predicted octanol–water partition coefficient (Wildman–Crippen LogP) is 4.06. The molecule has 0 heterocycles. The molecule has 0 unspecified atom stereocenters. The molecule has 2 rings (SSSR count). The van der Waals surface area contributed by atoms with Crippen LogP contribution in [-0.4, -0.2) is 5.78 Å². The summed E-state index contributed by atoms with van der Waals surface area (Å²) in [5.74, 6) is -0.0486. The fraction of sp³-hybridized carbons (Fsp3) is 0.0833. The number of carbonyl (C=O) groups is 1. The van der Waals surface area contributed by atoms with Crippen LogP contribution in [0.1, 0.15) is 16.8 Å². The third kappa shape index (κ3) is 2.14. The molecule has 0 saturated heterocycles. The molecular weight excluding hydrogens is 231 g/mol. The van der Waals surface area contributed by atoms with E-state index < -0.39 is 0 Å². The molecule has 0 aliphatic heterocycles. The maximum absolute atomic E-state index is 12.0. The fourth-order valence-electron chi connectivity index (χ4n) is 1.46. The zero-order valence-corrected chi connectivity index (χ0v) is 9.35. The van der Waals surface area contributed by atoms with E-state index in [9.17, 15) is 4.79 Å². The monoisotopic (exact) mass is 238 g/mol. The minimum atomic E-state index is -0.0486. The fourth-order valence-corrected chi connectivity index (χ4v) is 1.84. The Hall–Kier alpha value is -1.05. The number of hydrogen-bond acceptors (Lipinski definition) is 1. The number of hydrogen-bond donors (Lipinski definition) is 0. The first kappa shape index (κ1) is 10.5. The van der Waals surface area contributed by atoms with Crippen LogP contribution >= 0.6 is 23.2 Å². The van der Waals surface area contributed by atoms with Crippen molar-refractivity contribution < 1.29 is 4.79 Å². The van der Waals surface area contributed by atoms with Crippen LogP contribution in [0, 0.1) is 0 Å². The Morgan fingerprint density at radius 1 is 1.27 bits per heavy atom.